The minimum absolute atomic E-state index is 0.0255. The molecule has 1 aliphatic rings. The minimum Gasteiger partial charge on any atom is -0.355 e. The van der Waals surface area contributed by atoms with Crippen LogP contribution in [-0.4, -0.2) is 39.4 Å². The second-order valence-corrected chi connectivity index (χ2v) is 10.4. The first-order valence-electron chi connectivity index (χ1n) is 10.8. The van der Waals surface area contributed by atoms with E-state index in [4.69, 9.17) is 0 Å². The molecule has 0 saturated heterocycles. The summed E-state index contributed by atoms with van der Waals surface area (Å²) in [6.45, 7) is 11.0. The molecule has 30 heavy (non-hydrogen) atoms. The molecule has 1 aromatic carbocycles. The van der Waals surface area contributed by atoms with E-state index >= 15 is 0 Å². The highest BCUT2D eigenvalue weighted by Gasteiger charge is 2.29. The van der Waals surface area contributed by atoms with Crippen LogP contribution in [0.3, 0.4) is 0 Å². The Hall–Kier alpha value is -1.93. The third-order valence-corrected chi connectivity index (χ3v) is 6.67. The number of anilines is 1. The second-order valence-electron chi connectivity index (χ2n) is 8.72. The zero-order valence-electron chi connectivity index (χ0n) is 18.7. The van der Waals surface area contributed by atoms with Crippen molar-refractivity contribution in [3.05, 3.63) is 23.8 Å². The number of fused-ring (bicyclic) bond motifs is 1. The Balaban J connectivity index is 2.18. The number of carbonyl (C=O) groups excluding carboxylic acids is 2. The van der Waals surface area contributed by atoms with Crippen molar-refractivity contribution in [2.45, 2.75) is 71.2 Å². The molecule has 1 aromatic rings. The molecule has 2 rings (SSSR count). The lowest BCUT2D eigenvalue weighted by molar-refractivity contribution is -0.123. The van der Waals surface area contributed by atoms with E-state index in [1.165, 1.54) is 6.07 Å². The summed E-state index contributed by atoms with van der Waals surface area (Å²) in [5.74, 6) is 0.338. The molecule has 7 nitrogen and oxygen atoms in total. The largest absolute Gasteiger partial charge is 0.355 e. The van der Waals surface area contributed by atoms with E-state index < -0.39 is 16.1 Å². The molecule has 0 radical (unpaired) electrons. The SMILES string of the molecule is CCC(=O)N1CCc2cc(S(=O)(=O)NC(CC(C)C)C(=O)NCCC(C)C)ccc21. The van der Waals surface area contributed by atoms with Gasteiger partial charge in [-0.15, -0.1) is 0 Å². The first kappa shape index (κ1) is 24.3. The van der Waals surface area contributed by atoms with Crippen molar-refractivity contribution in [2.75, 3.05) is 18.0 Å². The number of amides is 2. The smallest absolute Gasteiger partial charge is 0.241 e. The van der Waals surface area contributed by atoms with Crippen LogP contribution in [-0.2, 0) is 26.0 Å². The van der Waals surface area contributed by atoms with Crippen molar-refractivity contribution in [3.8, 4) is 0 Å². The average molecular weight is 438 g/mol. The lowest BCUT2D eigenvalue weighted by Crippen LogP contribution is -2.47. The standard InChI is InChI=1S/C22H35N3O4S/c1-6-21(26)25-12-10-17-14-18(7-8-20(17)25)30(28,29)24-19(13-16(4)5)22(27)23-11-9-15(2)3/h7-8,14-16,19,24H,6,9-13H2,1-5H3,(H,23,27). The summed E-state index contributed by atoms with van der Waals surface area (Å²) in [6.07, 6.45) is 2.28. The van der Waals surface area contributed by atoms with Gasteiger partial charge in [0.2, 0.25) is 21.8 Å². The lowest BCUT2D eigenvalue weighted by Gasteiger charge is -2.21. The van der Waals surface area contributed by atoms with Crippen molar-refractivity contribution in [1.29, 1.82) is 0 Å². The molecular weight excluding hydrogens is 402 g/mol. The quantitative estimate of drug-likeness (QED) is 0.588. The molecule has 2 N–H and O–H groups in total. The number of hydrogen-bond donors (Lipinski definition) is 2. The van der Waals surface area contributed by atoms with E-state index in [1.807, 2.05) is 20.8 Å². The van der Waals surface area contributed by atoms with E-state index in [0.29, 0.717) is 38.3 Å². The van der Waals surface area contributed by atoms with E-state index in [-0.39, 0.29) is 22.6 Å². The normalized spacial score (nSPS) is 14.8. The van der Waals surface area contributed by atoms with Gasteiger partial charge in [-0.05, 0) is 54.9 Å². The van der Waals surface area contributed by atoms with Crippen LogP contribution in [0.25, 0.3) is 0 Å². The first-order valence-corrected chi connectivity index (χ1v) is 12.3. The zero-order valence-corrected chi connectivity index (χ0v) is 19.5. The van der Waals surface area contributed by atoms with E-state index in [2.05, 4.69) is 23.9 Å². The maximum absolute atomic E-state index is 13.0. The van der Waals surface area contributed by atoms with Crippen molar-refractivity contribution in [3.63, 3.8) is 0 Å². The molecule has 8 heteroatoms. The minimum atomic E-state index is -3.87. The molecule has 0 saturated carbocycles. The second kappa shape index (κ2) is 10.4. The maximum Gasteiger partial charge on any atom is 0.241 e. The van der Waals surface area contributed by atoms with Crippen LogP contribution in [0, 0.1) is 11.8 Å². The monoisotopic (exact) mass is 437 g/mol. The predicted molar refractivity (Wildman–Crippen MR) is 119 cm³/mol. The molecule has 1 atom stereocenters. The Kier molecular flexibility index (Phi) is 8.43. The van der Waals surface area contributed by atoms with Gasteiger partial charge in [-0.1, -0.05) is 34.6 Å². The van der Waals surface area contributed by atoms with Gasteiger partial charge in [0.25, 0.3) is 0 Å². The summed E-state index contributed by atoms with van der Waals surface area (Å²) in [6, 6.07) is 3.98. The summed E-state index contributed by atoms with van der Waals surface area (Å²) in [5.41, 5.74) is 1.60. The predicted octanol–water partition coefficient (Wildman–Crippen LogP) is 2.84. The van der Waals surface area contributed by atoms with Crippen LogP contribution in [0.1, 0.15) is 59.4 Å². The topological polar surface area (TPSA) is 95.6 Å². The van der Waals surface area contributed by atoms with Crippen molar-refractivity contribution >= 4 is 27.5 Å². The molecule has 1 aliphatic heterocycles. The van der Waals surface area contributed by atoms with Gasteiger partial charge in [0, 0.05) is 25.2 Å². The summed E-state index contributed by atoms with van der Waals surface area (Å²) >= 11 is 0. The van der Waals surface area contributed by atoms with Crippen molar-refractivity contribution in [2.24, 2.45) is 11.8 Å². The number of hydrogen-bond acceptors (Lipinski definition) is 4. The number of rotatable bonds is 10. The van der Waals surface area contributed by atoms with Crippen LogP contribution >= 0.6 is 0 Å². The van der Waals surface area contributed by atoms with Crippen LogP contribution in [0.2, 0.25) is 0 Å². The fourth-order valence-electron chi connectivity index (χ4n) is 3.54. The Morgan fingerprint density at radius 3 is 2.43 bits per heavy atom. The number of benzene rings is 1. The van der Waals surface area contributed by atoms with Gasteiger partial charge in [0.05, 0.1) is 4.90 Å². The maximum atomic E-state index is 13.0. The fourth-order valence-corrected chi connectivity index (χ4v) is 4.80. The van der Waals surface area contributed by atoms with Crippen molar-refractivity contribution in [1.82, 2.24) is 10.0 Å². The summed E-state index contributed by atoms with van der Waals surface area (Å²) in [4.78, 5) is 26.5. The Bertz CT molecular complexity index is 865. The fraction of sp³-hybridized carbons (Fsp3) is 0.636. The zero-order chi connectivity index (χ0) is 22.5. The number of nitrogens with one attached hydrogen (secondary N) is 2. The molecule has 0 spiro atoms. The highest BCUT2D eigenvalue weighted by Crippen LogP contribution is 2.30. The lowest BCUT2D eigenvalue weighted by atomic mass is 10.0. The van der Waals surface area contributed by atoms with Crippen LogP contribution in [0.4, 0.5) is 5.69 Å². The van der Waals surface area contributed by atoms with Gasteiger partial charge in [-0.2, -0.15) is 4.72 Å². The first-order chi connectivity index (χ1) is 14.0. The Labute approximate surface area is 180 Å². The molecule has 0 aliphatic carbocycles. The summed E-state index contributed by atoms with van der Waals surface area (Å²) in [7, 11) is -3.87. The molecule has 2 amide bonds. The van der Waals surface area contributed by atoms with E-state index in [0.717, 1.165) is 17.7 Å². The molecule has 1 unspecified atom stereocenters. The third kappa shape index (κ3) is 6.28. The van der Waals surface area contributed by atoms with Gasteiger partial charge >= 0.3 is 0 Å². The molecule has 0 fully saturated rings. The van der Waals surface area contributed by atoms with Gasteiger partial charge in [0.15, 0.2) is 0 Å². The number of nitrogens with zero attached hydrogens (tertiary/aromatic N) is 1. The molecule has 1 heterocycles. The average Bonchev–Trinajstić information content (AvgIpc) is 3.09. The van der Waals surface area contributed by atoms with E-state index in [1.54, 1.807) is 17.0 Å². The summed E-state index contributed by atoms with van der Waals surface area (Å²) in [5, 5.41) is 2.85. The molecule has 0 aromatic heterocycles. The highest BCUT2D eigenvalue weighted by atomic mass is 32.2. The van der Waals surface area contributed by atoms with Gasteiger partial charge in [-0.3, -0.25) is 9.59 Å². The van der Waals surface area contributed by atoms with Crippen molar-refractivity contribution < 1.29 is 18.0 Å². The van der Waals surface area contributed by atoms with Crippen LogP contribution in [0.5, 0.6) is 0 Å². The Morgan fingerprint density at radius 2 is 1.83 bits per heavy atom. The van der Waals surface area contributed by atoms with Crippen LogP contribution < -0.4 is 14.9 Å². The van der Waals surface area contributed by atoms with E-state index in [9.17, 15) is 18.0 Å². The number of sulfonamides is 1. The van der Waals surface area contributed by atoms with Gasteiger partial charge in [-0.25, -0.2) is 8.42 Å². The highest BCUT2D eigenvalue weighted by molar-refractivity contribution is 7.89. The Morgan fingerprint density at radius 1 is 1.13 bits per heavy atom. The van der Waals surface area contributed by atoms with Gasteiger partial charge < -0.3 is 10.2 Å². The summed E-state index contributed by atoms with van der Waals surface area (Å²) < 4.78 is 28.6. The third-order valence-electron chi connectivity index (χ3n) is 5.20. The van der Waals surface area contributed by atoms with Gasteiger partial charge in [0.1, 0.15) is 6.04 Å². The van der Waals surface area contributed by atoms with Crippen LogP contribution in [0.15, 0.2) is 23.1 Å². The number of carbonyl (C=O) groups is 2. The molecule has 168 valence electrons. The molecule has 0 bridgehead atoms. The molecular formula is C22H35N3O4S.